The van der Waals surface area contributed by atoms with Gasteiger partial charge in [-0.2, -0.15) is 0 Å². The van der Waals surface area contributed by atoms with Gasteiger partial charge in [0.1, 0.15) is 0 Å². The van der Waals surface area contributed by atoms with Crippen LogP contribution < -0.4 is 20.0 Å². The zero-order chi connectivity index (χ0) is 24.3. The maximum atomic E-state index is 11.2. The fourth-order valence-electron chi connectivity index (χ4n) is 3.03. The zero-order valence-electron chi connectivity index (χ0n) is 18.6. The summed E-state index contributed by atoms with van der Waals surface area (Å²) in [4.78, 5) is 31.9. The van der Waals surface area contributed by atoms with E-state index >= 15 is 0 Å². The van der Waals surface area contributed by atoms with Gasteiger partial charge in [0.15, 0.2) is 0 Å². The third kappa shape index (κ3) is 11.6. The number of benzene rings is 2. The summed E-state index contributed by atoms with van der Waals surface area (Å²) in [7, 11) is -10.8. The molecule has 0 saturated carbocycles. The number of rotatable bonds is 13. The second kappa shape index (κ2) is 13.0. The first-order valence-electron chi connectivity index (χ1n) is 10.4. The summed E-state index contributed by atoms with van der Waals surface area (Å²) in [6, 6.07) is 18.5. The summed E-state index contributed by atoms with van der Waals surface area (Å²) in [5.41, 5.74) is 5.58. The predicted molar refractivity (Wildman–Crippen MR) is 123 cm³/mol. The Balaban J connectivity index is 1.79. The summed E-state index contributed by atoms with van der Waals surface area (Å²) in [5.74, 6) is 0. The maximum Gasteiger partial charge on any atom is 0.272 e. The molecule has 1 N–H and O–H groups in total. The van der Waals surface area contributed by atoms with Gasteiger partial charge in [0, 0.05) is 12.2 Å². The van der Waals surface area contributed by atoms with Gasteiger partial charge < -0.3 is 29.1 Å². The van der Waals surface area contributed by atoms with Crippen LogP contribution in [0.25, 0.3) is 0 Å². The summed E-state index contributed by atoms with van der Waals surface area (Å²) in [6.07, 6.45) is 5.84. The molecule has 0 aromatic heterocycles. The van der Waals surface area contributed by atoms with Crippen LogP contribution in [-0.2, 0) is 24.4 Å². The fourth-order valence-corrected chi connectivity index (χ4v) is 4.46. The van der Waals surface area contributed by atoms with Crippen molar-refractivity contribution in [2.45, 2.75) is 33.1 Å². The number of hydrogen-bond donors (Lipinski definition) is 1. The van der Waals surface area contributed by atoms with E-state index in [0.717, 1.165) is 29.7 Å². The highest BCUT2D eigenvalue weighted by Crippen LogP contribution is 2.50. The van der Waals surface area contributed by atoms with Crippen molar-refractivity contribution in [2.24, 2.45) is 0 Å². The molecule has 0 aliphatic rings. The molecule has 180 valence electrons. The van der Waals surface area contributed by atoms with E-state index in [1.54, 1.807) is 6.92 Å². The molecule has 33 heavy (non-hydrogen) atoms. The van der Waals surface area contributed by atoms with Gasteiger partial charge in [-0.25, -0.2) is 0 Å². The highest BCUT2D eigenvalue weighted by molar-refractivity contribution is 7.58. The van der Waals surface area contributed by atoms with E-state index in [0.29, 0.717) is 13.0 Å². The molecule has 0 aliphatic carbocycles. The summed E-state index contributed by atoms with van der Waals surface area (Å²) in [6.45, 7) is 4.12. The molecule has 0 heterocycles. The SMILES string of the molecule is C/C(=C\COP(=O)([O-])OP(=O)([O-])[O-])CC/C=C(\C)CNc1ccccc1Cc1ccccc1. The molecule has 0 radical (unpaired) electrons. The van der Waals surface area contributed by atoms with Gasteiger partial charge in [-0.1, -0.05) is 71.8 Å². The monoisotopic (exact) mass is 492 g/mol. The number of phosphoric acid groups is 2. The Morgan fingerprint density at radius 3 is 2.30 bits per heavy atom. The standard InChI is InChI=1S/C23H31NO7P2/c1-19(15-16-30-33(28,29)31-32(25,26)27)9-8-10-20(2)18-24-23-14-7-6-13-22(23)17-21-11-4-3-5-12-21/h3-7,10-15,24H,8-9,16-18H2,1-2H3,(H,28,29)(H2,25,26,27)/p-3/b19-15+,20-10+. The van der Waals surface area contributed by atoms with Crippen molar-refractivity contribution in [3.8, 4) is 0 Å². The molecule has 8 nitrogen and oxygen atoms in total. The molecular formula is C23H28NO7P2-3. The van der Waals surface area contributed by atoms with Crippen LogP contribution in [0.5, 0.6) is 0 Å². The zero-order valence-corrected chi connectivity index (χ0v) is 20.4. The third-order valence-corrected chi connectivity index (χ3v) is 6.77. The minimum atomic E-state index is -5.67. The van der Waals surface area contributed by atoms with Gasteiger partial charge in [0.05, 0.1) is 14.4 Å². The number of phosphoric ester groups is 1. The van der Waals surface area contributed by atoms with Crippen LogP contribution in [-0.4, -0.2) is 13.2 Å². The predicted octanol–water partition coefficient (Wildman–Crippen LogP) is 3.69. The van der Waals surface area contributed by atoms with Crippen molar-refractivity contribution in [3.63, 3.8) is 0 Å². The molecule has 1 atom stereocenters. The Hall–Kier alpha value is -2.02. The first kappa shape index (κ1) is 27.2. The van der Waals surface area contributed by atoms with Gasteiger partial charge in [0.2, 0.25) is 0 Å². The topological polar surface area (TPSA) is 134 Å². The fraction of sp³-hybridized carbons (Fsp3) is 0.304. The van der Waals surface area contributed by atoms with Crippen molar-refractivity contribution >= 4 is 21.3 Å². The molecule has 0 amide bonds. The van der Waals surface area contributed by atoms with Gasteiger partial charge in [-0.05, 0) is 50.3 Å². The molecule has 2 aromatic carbocycles. The summed E-state index contributed by atoms with van der Waals surface area (Å²) < 4.78 is 29.3. The lowest BCUT2D eigenvalue weighted by Crippen LogP contribution is -2.19. The van der Waals surface area contributed by atoms with Gasteiger partial charge in [-0.3, -0.25) is 8.88 Å². The van der Waals surface area contributed by atoms with Crippen LogP contribution in [0, 0.1) is 0 Å². The maximum absolute atomic E-state index is 11.2. The summed E-state index contributed by atoms with van der Waals surface area (Å²) in [5, 5.41) is 3.48. The molecule has 2 aromatic rings. The molecule has 1 unspecified atom stereocenters. The van der Waals surface area contributed by atoms with Crippen molar-refractivity contribution in [1.82, 2.24) is 0 Å². The Morgan fingerprint density at radius 2 is 1.61 bits per heavy atom. The second-order valence-electron chi connectivity index (χ2n) is 7.58. The summed E-state index contributed by atoms with van der Waals surface area (Å²) >= 11 is 0. The van der Waals surface area contributed by atoms with Gasteiger partial charge in [0.25, 0.3) is 7.82 Å². The highest BCUT2D eigenvalue weighted by Gasteiger charge is 2.10. The van der Waals surface area contributed by atoms with Crippen LogP contribution in [0.15, 0.2) is 77.9 Å². The van der Waals surface area contributed by atoms with Crippen molar-refractivity contribution in [1.29, 1.82) is 0 Å². The van der Waals surface area contributed by atoms with E-state index in [1.807, 2.05) is 37.3 Å². The lowest BCUT2D eigenvalue weighted by atomic mass is 10.0. The van der Waals surface area contributed by atoms with Crippen LogP contribution in [0.2, 0.25) is 0 Å². The van der Waals surface area contributed by atoms with E-state index < -0.39 is 22.3 Å². The Kier molecular flexibility index (Phi) is 10.7. The Morgan fingerprint density at radius 1 is 0.939 bits per heavy atom. The molecule has 0 saturated heterocycles. The average molecular weight is 492 g/mol. The first-order chi connectivity index (χ1) is 15.5. The molecule has 0 spiro atoms. The Bertz CT molecular complexity index is 1050. The van der Waals surface area contributed by atoms with Crippen molar-refractivity contribution in [3.05, 3.63) is 89.0 Å². The van der Waals surface area contributed by atoms with E-state index in [9.17, 15) is 23.8 Å². The quantitative estimate of drug-likeness (QED) is 0.331. The third-order valence-electron chi connectivity index (χ3n) is 4.71. The smallest absolute Gasteiger partial charge is 0.272 e. The van der Waals surface area contributed by atoms with Crippen LogP contribution in [0.1, 0.15) is 37.8 Å². The molecular weight excluding hydrogens is 464 g/mol. The Labute approximate surface area is 194 Å². The van der Waals surface area contributed by atoms with E-state index in [1.165, 1.54) is 17.2 Å². The lowest BCUT2D eigenvalue weighted by Gasteiger charge is -2.34. The normalized spacial score (nSPS) is 14.7. The van der Waals surface area contributed by atoms with Gasteiger partial charge in [-0.15, -0.1) is 0 Å². The number of hydrogen-bond acceptors (Lipinski definition) is 8. The number of para-hydroxylation sites is 1. The second-order valence-corrected chi connectivity index (χ2v) is 10.3. The minimum absolute atomic E-state index is 0.408. The van der Waals surface area contributed by atoms with Crippen LogP contribution >= 0.6 is 15.6 Å². The lowest BCUT2D eigenvalue weighted by molar-refractivity contribution is -0.339. The average Bonchev–Trinajstić information content (AvgIpc) is 2.72. The number of allylic oxidation sites excluding steroid dienone is 2. The molecule has 2 rings (SSSR count). The van der Waals surface area contributed by atoms with Crippen molar-refractivity contribution < 1.29 is 32.6 Å². The molecule has 10 heteroatoms. The molecule has 0 aliphatic heterocycles. The number of nitrogens with one attached hydrogen (secondary N) is 1. The van der Waals surface area contributed by atoms with E-state index in [4.69, 9.17) is 0 Å². The van der Waals surface area contributed by atoms with Crippen LogP contribution in [0.3, 0.4) is 0 Å². The largest absolute Gasteiger partial charge is 0.790 e. The molecule has 0 fully saturated rings. The van der Waals surface area contributed by atoms with Crippen LogP contribution in [0.4, 0.5) is 5.69 Å². The van der Waals surface area contributed by atoms with Gasteiger partial charge >= 0.3 is 0 Å². The first-order valence-corrected chi connectivity index (χ1v) is 13.3. The van der Waals surface area contributed by atoms with Crippen molar-refractivity contribution in [2.75, 3.05) is 18.5 Å². The molecule has 0 bridgehead atoms. The minimum Gasteiger partial charge on any atom is -0.790 e. The van der Waals surface area contributed by atoms with E-state index in [-0.39, 0.29) is 0 Å². The highest BCUT2D eigenvalue weighted by atomic mass is 31.3. The number of anilines is 1. The van der Waals surface area contributed by atoms with E-state index in [2.05, 4.69) is 44.5 Å².